The van der Waals surface area contributed by atoms with Crippen LogP contribution in [0.4, 0.5) is 5.82 Å². The highest BCUT2D eigenvalue weighted by Crippen LogP contribution is 2.21. The van der Waals surface area contributed by atoms with Crippen molar-refractivity contribution in [2.45, 2.75) is 13.0 Å². The summed E-state index contributed by atoms with van der Waals surface area (Å²) in [4.78, 5) is 2.20. The molecule has 3 heteroatoms. The lowest BCUT2D eigenvalue weighted by Gasteiger charge is -2.11. The minimum Gasteiger partial charge on any atom is -0.385 e. The summed E-state index contributed by atoms with van der Waals surface area (Å²) in [5.41, 5.74) is 7.25. The summed E-state index contributed by atoms with van der Waals surface area (Å²) < 4.78 is 2.19. The molecule has 0 aliphatic heterocycles. The molecule has 0 amide bonds. The fraction of sp³-hybridized carbons (Fsp3) is 0.385. The Balaban J connectivity index is 2.19. The summed E-state index contributed by atoms with van der Waals surface area (Å²) in [7, 11) is 4.19. The number of hydrogen-bond donors (Lipinski definition) is 1. The SMILES string of the molecule is CN(C)CCCn1c(N)cc2ccccc21. The van der Waals surface area contributed by atoms with E-state index >= 15 is 0 Å². The van der Waals surface area contributed by atoms with Gasteiger partial charge in [-0.3, -0.25) is 0 Å². The van der Waals surface area contributed by atoms with E-state index in [2.05, 4.69) is 41.8 Å². The van der Waals surface area contributed by atoms with Crippen LogP contribution in [0, 0.1) is 0 Å². The number of fused-ring (bicyclic) bond motifs is 1. The molecule has 0 radical (unpaired) electrons. The van der Waals surface area contributed by atoms with Gasteiger partial charge in [-0.1, -0.05) is 18.2 Å². The Hall–Kier alpha value is -1.48. The number of nitrogen functional groups attached to an aromatic ring is 1. The zero-order chi connectivity index (χ0) is 11.5. The van der Waals surface area contributed by atoms with Gasteiger partial charge in [0.15, 0.2) is 0 Å². The van der Waals surface area contributed by atoms with Crippen LogP contribution < -0.4 is 5.73 Å². The van der Waals surface area contributed by atoms with Crippen LogP contribution in [-0.2, 0) is 6.54 Å². The van der Waals surface area contributed by atoms with Gasteiger partial charge in [0.05, 0.1) is 0 Å². The first-order valence-electron chi connectivity index (χ1n) is 5.67. The van der Waals surface area contributed by atoms with Crippen LogP contribution in [0.5, 0.6) is 0 Å². The number of nitrogens with two attached hydrogens (primary N) is 1. The third-order valence-electron chi connectivity index (χ3n) is 2.83. The Labute approximate surface area is 96.5 Å². The highest BCUT2D eigenvalue weighted by molar-refractivity contribution is 5.84. The second-order valence-corrected chi connectivity index (χ2v) is 4.44. The minimum atomic E-state index is 0.861. The van der Waals surface area contributed by atoms with E-state index in [0.717, 1.165) is 25.3 Å². The maximum atomic E-state index is 6.02. The van der Waals surface area contributed by atoms with Gasteiger partial charge in [0.25, 0.3) is 0 Å². The van der Waals surface area contributed by atoms with Crippen molar-refractivity contribution in [3.05, 3.63) is 30.3 Å². The second kappa shape index (κ2) is 4.58. The standard InChI is InChI=1S/C13H19N3/c1-15(2)8-5-9-16-12-7-4-3-6-11(12)10-13(16)14/h3-4,6-7,10H,5,8-9,14H2,1-2H3. The summed E-state index contributed by atoms with van der Waals surface area (Å²) in [6.07, 6.45) is 1.12. The molecular weight excluding hydrogens is 198 g/mol. The van der Waals surface area contributed by atoms with Crippen LogP contribution in [0.2, 0.25) is 0 Å². The first kappa shape index (κ1) is 11.0. The highest BCUT2D eigenvalue weighted by atomic mass is 15.1. The van der Waals surface area contributed by atoms with Crippen molar-refractivity contribution in [1.29, 1.82) is 0 Å². The van der Waals surface area contributed by atoms with E-state index in [1.165, 1.54) is 10.9 Å². The predicted octanol–water partition coefficient (Wildman–Crippen LogP) is 2.18. The maximum absolute atomic E-state index is 6.02. The average Bonchev–Trinajstić information content (AvgIpc) is 2.55. The molecule has 3 nitrogen and oxygen atoms in total. The summed E-state index contributed by atoms with van der Waals surface area (Å²) in [6.45, 7) is 2.07. The number of anilines is 1. The average molecular weight is 217 g/mol. The Kier molecular flexibility index (Phi) is 3.15. The molecule has 0 bridgehead atoms. The molecule has 0 aliphatic rings. The molecule has 0 saturated carbocycles. The Morgan fingerprint density at radius 1 is 1.25 bits per heavy atom. The Bertz CT molecular complexity index is 471. The highest BCUT2D eigenvalue weighted by Gasteiger charge is 2.04. The lowest BCUT2D eigenvalue weighted by molar-refractivity contribution is 0.388. The van der Waals surface area contributed by atoms with Crippen molar-refractivity contribution < 1.29 is 0 Å². The van der Waals surface area contributed by atoms with Gasteiger partial charge in [0.2, 0.25) is 0 Å². The first-order valence-corrected chi connectivity index (χ1v) is 5.67. The van der Waals surface area contributed by atoms with Gasteiger partial charge in [-0.05, 0) is 39.2 Å². The molecule has 1 aromatic heterocycles. The molecule has 16 heavy (non-hydrogen) atoms. The molecule has 2 N–H and O–H groups in total. The van der Waals surface area contributed by atoms with Crippen LogP contribution in [0.25, 0.3) is 10.9 Å². The summed E-state index contributed by atoms with van der Waals surface area (Å²) in [5, 5.41) is 1.23. The lowest BCUT2D eigenvalue weighted by Crippen LogP contribution is -2.15. The number of aromatic nitrogens is 1. The van der Waals surface area contributed by atoms with Crippen LogP contribution in [0.1, 0.15) is 6.42 Å². The van der Waals surface area contributed by atoms with Gasteiger partial charge in [-0.15, -0.1) is 0 Å². The van der Waals surface area contributed by atoms with Crippen molar-refractivity contribution in [3.63, 3.8) is 0 Å². The quantitative estimate of drug-likeness (QED) is 0.851. The molecular formula is C13H19N3. The Morgan fingerprint density at radius 2 is 2.00 bits per heavy atom. The normalized spacial score (nSPS) is 11.4. The molecule has 86 valence electrons. The van der Waals surface area contributed by atoms with Crippen molar-refractivity contribution in [1.82, 2.24) is 9.47 Å². The van der Waals surface area contributed by atoms with E-state index in [9.17, 15) is 0 Å². The molecule has 0 aliphatic carbocycles. The van der Waals surface area contributed by atoms with Crippen LogP contribution >= 0.6 is 0 Å². The first-order chi connectivity index (χ1) is 7.68. The van der Waals surface area contributed by atoms with E-state index in [0.29, 0.717) is 0 Å². The number of rotatable bonds is 4. The van der Waals surface area contributed by atoms with Gasteiger partial charge >= 0.3 is 0 Å². The summed E-state index contributed by atoms with van der Waals surface area (Å²) in [5.74, 6) is 0.861. The molecule has 2 aromatic rings. The number of hydrogen-bond acceptors (Lipinski definition) is 2. The van der Waals surface area contributed by atoms with Crippen molar-refractivity contribution in [2.75, 3.05) is 26.4 Å². The van der Waals surface area contributed by atoms with E-state index in [1.807, 2.05) is 12.1 Å². The lowest BCUT2D eigenvalue weighted by atomic mass is 10.2. The fourth-order valence-electron chi connectivity index (χ4n) is 2.03. The van der Waals surface area contributed by atoms with E-state index in [4.69, 9.17) is 5.73 Å². The van der Waals surface area contributed by atoms with E-state index in [-0.39, 0.29) is 0 Å². The fourth-order valence-corrected chi connectivity index (χ4v) is 2.03. The van der Waals surface area contributed by atoms with Gasteiger partial charge in [-0.2, -0.15) is 0 Å². The summed E-state index contributed by atoms with van der Waals surface area (Å²) >= 11 is 0. The molecule has 1 heterocycles. The number of nitrogens with zero attached hydrogens (tertiary/aromatic N) is 2. The van der Waals surface area contributed by atoms with Crippen molar-refractivity contribution >= 4 is 16.7 Å². The van der Waals surface area contributed by atoms with Crippen LogP contribution in [0.15, 0.2) is 30.3 Å². The van der Waals surface area contributed by atoms with E-state index in [1.54, 1.807) is 0 Å². The van der Waals surface area contributed by atoms with Gasteiger partial charge in [-0.25, -0.2) is 0 Å². The van der Waals surface area contributed by atoms with Gasteiger partial charge in [0, 0.05) is 17.4 Å². The monoisotopic (exact) mass is 217 g/mol. The van der Waals surface area contributed by atoms with Crippen molar-refractivity contribution in [3.8, 4) is 0 Å². The molecule has 0 spiro atoms. The molecule has 2 rings (SSSR count). The zero-order valence-corrected chi connectivity index (χ0v) is 9.98. The summed E-state index contributed by atoms with van der Waals surface area (Å²) in [6, 6.07) is 10.4. The maximum Gasteiger partial charge on any atom is 0.104 e. The topological polar surface area (TPSA) is 34.2 Å². The third kappa shape index (κ3) is 2.19. The van der Waals surface area contributed by atoms with Gasteiger partial charge in [0.1, 0.15) is 5.82 Å². The molecule has 0 fully saturated rings. The van der Waals surface area contributed by atoms with Crippen LogP contribution in [0.3, 0.4) is 0 Å². The molecule has 0 saturated heterocycles. The second-order valence-electron chi connectivity index (χ2n) is 4.44. The molecule has 1 aromatic carbocycles. The number of benzene rings is 1. The predicted molar refractivity (Wildman–Crippen MR) is 69.5 cm³/mol. The van der Waals surface area contributed by atoms with Crippen molar-refractivity contribution in [2.24, 2.45) is 0 Å². The number of aryl methyl sites for hydroxylation is 1. The largest absolute Gasteiger partial charge is 0.385 e. The zero-order valence-electron chi connectivity index (χ0n) is 9.98. The van der Waals surface area contributed by atoms with Crippen LogP contribution in [-0.4, -0.2) is 30.1 Å². The van der Waals surface area contributed by atoms with E-state index < -0.39 is 0 Å². The third-order valence-corrected chi connectivity index (χ3v) is 2.83. The molecule has 0 unspecified atom stereocenters. The smallest absolute Gasteiger partial charge is 0.104 e. The molecule has 0 atom stereocenters. The van der Waals surface area contributed by atoms with Gasteiger partial charge < -0.3 is 15.2 Å². The minimum absolute atomic E-state index is 0.861. The Morgan fingerprint density at radius 3 is 2.75 bits per heavy atom. The number of para-hydroxylation sites is 1.